The number of hydrogen-bond donors (Lipinski definition) is 0. The molecule has 0 aliphatic carbocycles. The first-order valence-electron chi connectivity index (χ1n) is 9.45. The van der Waals surface area contributed by atoms with Crippen molar-refractivity contribution in [1.29, 1.82) is 0 Å². The van der Waals surface area contributed by atoms with E-state index in [1.807, 2.05) is 30.0 Å². The second-order valence-corrected chi connectivity index (χ2v) is 10.5. The normalized spacial score (nSPS) is 20.1. The molecule has 0 bridgehead atoms. The second kappa shape index (κ2) is 7.00. The van der Waals surface area contributed by atoms with Crippen molar-refractivity contribution in [2.75, 3.05) is 37.6 Å². The van der Waals surface area contributed by atoms with E-state index in [9.17, 15) is 0 Å². The highest BCUT2D eigenvalue weighted by molar-refractivity contribution is 8.15. The van der Waals surface area contributed by atoms with E-state index in [0.29, 0.717) is 0 Å². The molecule has 0 amide bonds. The van der Waals surface area contributed by atoms with Crippen molar-refractivity contribution in [2.45, 2.75) is 45.3 Å². The largest absolute Gasteiger partial charge is 0.352 e. The number of hydrogen-bond acceptors (Lipinski definition) is 7. The molecule has 0 spiro atoms. The van der Waals surface area contributed by atoms with Crippen molar-refractivity contribution >= 4 is 44.3 Å². The number of fused-ring (bicyclic) bond motifs is 1. The molecule has 0 saturated carbocycles. The number of piperazine rings is 1. The Balaban J connectivity index is 1.52. The van der Waals surface area contributed by atoms with Crippen molar-refractivity contribution in [3.8, 4) is 0 Å². The van der Waals surface area contributed by atoms with E-state index in [2.05, 4.69) is 41.6 Å². The summed E-state index contributed by atoms with van der Waals surface area (Å²) in [5, 5.41) is 2.45. The van der Waals surface area contributed by atoms with Gasteiger partial charge in [-0.05, 0) is 33.3 Å². The molecule has 26 heavy (non-hydrogen) atoms. The van der Waals surface area contributed by atoms with Gasteiger partial charge in [0.15, 0.2) is 5.17 Å². The van der Waals surface area contributed by atoms with Crippen LogP contribution < -0.4 is 4.90 Å². The van der Waals surface area contributed by atoms with Crippen molar-refractivity contribution < 1.29 is 0 Å². The van der Waals surface area contributed by atoms with Crippen LogP contribution in [0.4, 0.5) is 5.82 Å². The molecule has 1 fully saturated rings. The predicted molar refractivity (Wildman–Crippen MR) is 114 cm³/mol. The van der Waals surface area contributed by atoms with Gasteiger partial charge in [-0.15, -0.1) is 11.3 Å². The monoisotopic (exact) mass is 389 g/mol. The fraction of sp³-hybridized carbons (Fsp3) is 0.632. The molecule has 0 radical (unpaired) electrons. The molecule has 7 heteroatoms. The minimum atomic E-state index is 0.245. The van der Waals surface area contributed by atoms with Crippen molar-refractivity contribution in [3.05, 3.63) is 16.8 Å². The molecule has 0 atom stereocenters. The van der Waals surface area contributed by atoms with Gasteiger partial charge in [0.2, 0.25) is 0 Å². The van der Waals surface area contributed by atoms with Gasteiger partial charge in [0.25, 0.3) is 0 Å². The number of thioether (sulfide) groups is 1. The van der Waals surface area contributed by atoms with E-state index in [0.717, 1.165) is 55.6 Å². The third-order valence-electron chi connectivity index (χ3n) is 4.84. The maximum atomic E-state index is 4.81. The number of rotatable bonds is 3. The van der Waals surface area contributed by atoms with E-state index in [1.54, 1.807) is 0 Å². The van der Waals surface area contributed by atoms with Crippen LogP contribution in [-0.2, 0) is 6.42 Å². The maximum absolute atomic E-state index is 4.81. The summed E-state index contributed by atoms with van der Waals surface area (Å²) < 4.78 is 0.245. The van der Waals surface area contributed by atoms with Gasteiger partial charge >= 0.3 is 0 Å². The first kappa shape index (κ1) is 18.0. The lowest BCUT2D eigenvalue weighted by Gasteiger charge is -2.36. The fourth-order valence-electron chi connectivity index (χ4n) is 3.51. The third-order valence-corrected chi connectivity index (χ3v) is 7.18. The Labute approximate surface area is 163 Å². The SMILES string of the molecule is CCCc1cc2c(N3CCN(C4=NCC(C)(C)S4)CC3)nc(C)nc2s1. The molecular formula is C19H27N5S2. The highest BCUT2D eigenvalue weighted by Gasteiger charge is 2.32. The standard InChI is InChI=1S/C19H27N5S2/c1-5-6-14-11-15-16(21-13(2)22-17(15)25-14)23-7-9-24(10-8-23)18-20-12-19(3,4)26-18/h11H,5-10,12H2,1-4H3. The van der Waals surface area contributed by atoms with Crippen LogP contribution in [0.2, 0.25) is 0 Å². The molecule has 140 valence electrons. The average Bonchev–Trinajstić information content (AvgIpc) is 3.17. The Morgan fingerprint density at radius 2 is 1.85 bits per heavy atom. The number of aryl methyl sites for hydroxylation is 2. The van der Waals surface area contributed by atoms with Gasteiger partial charge < -0.3 is 9.80 Å². The molecule has 4 heterocycles. The fourth-order valence-corrected chi connectivity index (χ4v) is 5.75. The first-order valence-corrected chi connectivity index (χ1v) is 11.1. The molecule has 5 nitrogen and oxygen atoms in total. The van der Waals surface area contributed by atoms with E-state index >= 15 is 0 Å². The summed E-state index contributed by atoms with van der Waals surface area (Å²) in [6, 6.07) is 2.31. The zero-order chi connectivity index (χ0) is 18.3. The van der Waals surface area contributed by atoms with Crippen molar-refractivity contribution in [1.82, 2.24) is 14.9 Å². The van der Waals surface area contributed by atoms with E-state index in [4.69, 9.17) is 9.98 Å². The van der Waals surface area contributed by atoms with Gasteiger partial charge in [0.1, 0.15) is 16.5 Å². The highest BCUT2D eigenvalue weighted by atomic mass is 32.2. The molecule has 2 aromatic heterocycles. The van der Waals surface area contributed by atoms with Crippen LogP contribution >= 0.6 is 23.1 Å². The van der Waals surface area contributed by atoms with E-state index in [-0.39, 0.29) is 4.75 Å². The lowest BCUT2D eigenvalue weighted by atomic mass is 10.2. The van der Waals surface area contributed by atoms with Crippen LogP contribution in [0.1, 0.15) is 37.9 Å². The van der Waals surface area contributed by atoms with Gasteiger partial charge in [-0.1, -0.05) is 25.1 Å². The number of amidine groups is 1. The summed E-state index contributed by atoms with van der Waals surface area (Å²) in [5.74, 6) is 1.99. The molecule has 1 saturated heterocycles. The minimum absolute atomic E-state index is 0.245. The van der Waals surface area contributed by atoms with Gasteiger partial charge in [0, 0.05) is 35.8 Å². The van der Waals surface area contributed by atoms with E-state index in [1.165, 1.54) is 21.9 Å². The molecule has 2 aliphatic heterocycles. The third kappa shape index (κ3) is 3.56. The Bertz CT molecular complexity index is 834. The predicted octanol–water partition coefficient (Wildman–Crippen LogP) is 3.96. The molecule has 2 aromatic rings. The summed E-state index contributed by atoms with van der Waals surface area (Å²) in [6.07, 6.45) is 2.30. The maximum Gasteiger partial charge on any atom is 0.159 e. The van der Waals surface area contributed by atoms with E-state index < -0.39 is 0 Å². The molecule has 0 aromatic carbocycles. The second-order valence-electron chi connectivity index (χ2n) is 7.71. The van der Waals surface area contributed by atoms with Crippen LogP contribution in [-0.4, -0.2) is 57.5 Å². The molecule has 2 aliphatic rings. The van der Waals surface area contributed by atoms with Gasteiger partial charge in [-0.2, -0.15) is 0 Å². The molecular weight excluding hydrogens is 362 g/mol. The summed E-state index contributed by atoms with van der Waals surface area (Å²) in [6.45, 7) is 13.7. The summed E-state index contributed by atoms with van der Waals surface area (Å²) >= 11 is 3.74. The lowest BCUT2D eigenvalue weighted by Crippen LogP contribution is -2.48. The van der Waals surface area contributed by atoms with Crippen molar-refractivity contribution in [2.24, 2.45) is 4.99 Å². The number of aliphatic imine (C=N–C) groups is 1. The summed E-state index contributed by atoms with van der Waals surface area (Å²) in [7, 11) is 0. The Morgan fingerprint density at radius 1 is 1.12 bits per heavy atom. The van der Waals surface area contributed by atoms with Crippen molar-refractivity contribution in [3.63, 3.8) is 0 Å². The number of aromatic nitrogens is 2. The number of nitrogens with zero attached hydrogens (tertiary/aromatic N) is 5. The van der Waals surface area contributed by atoms with Crippen LogP contribution in [0.25, 0.3) is 10.2 Å². The highest BCUT2D eigenvalue weighted by Crippen LogP contribution is 2.35. The number of thiophene rings is 1. The average molecular weight is 390 g/mol. The Hall–Kier alpha value is -1.34. The number of anilines is 1. The minimum Gasteiger partial charge on any atom is -0.352 e. The van der Waals surface area contributed by atoms with Gasteiger partial charge in [-0.25, -0.2) is 9.97 Å². The lowest BCUT2D eigenvalue weighted by molar-refractivity contribution is 0.391. The Kier molecular flexibility index (Phi) is 4.86. The summed E-state index contributed by atoms with van der Waals surface area (Å²) in [5.41, 5.74) is 0. The summed E-state index contributed by atoms with van der Waals surface area (Å²) in [4.78, 5) is 21.7. The van der Waals surface area contributed by atoms with Crippen LogP contribution in [0.5, 0.6) is 0 Å². The van der Waals surface area contributed by atoms with Crippen LogP contribution in [0.15, 0.2) is 11.1 Å². The zero-order valence-electron chi connectivity index (χ0n) is 16.1. The van der Waals surface area contributed by atoms with Crippen LogP contribution in [0, 0.1) is 6.92 Å². The topological polar surface area (TPSA) is 44.6 Å². The van der Waals surface area contributed by atoms with Gasteiger partial charge in [0.05, 0.1) is 11.9 Å². The first-order chi connectivity index (χ1) is 12.4. The zero-order valence-corrected chi connectivity index (χ0v) is 17.7. The van der Waals surface area contributed by atoms with Gasteiger partial charge in [-0.3, -0.25) is 4.99 Å². The quantitative estimate of drug-likeness (QED) is 0.795. The molecule has 4 rings (SSSR count). The smallest absolute Gasteiger partial charge is 0.159 e. The molecule has 0 unspecified atom stereocenters. The van der Waals surface area contributed by atoms with Crippen LogP contribution in [0.3, 0.4) is 0 Å². The Morgan fingerprint density at radius 3 is 2.50 bits per heavy atom. The molecule has 0 N–H and O–H groups in total.